The summed E-state index contributed by atoms with van der Waals surface area (Å²) in [6, 6.07) is 1.37. The lowest BCUT2D eigenvalue weighted by atomic mass is 9.97. The second-order valence-electron chi connectivity index (χ2n) is 6.00. The van der Waals surface area contributed by atoms with E-state index >= 15 is 0 Å². The molecular formula is C14H25N5S. The molecule has 2 atom stereocenters. The molecule has 20 heavy (non-hydrogen) atoms. The summed E-state index contributed by atoms with van der Waals surface area (Å²) in [5, 5.41) is 8.84. The van der Waals surface area contributed by atoms with E-state index in [1.807, 2.05) is 0 Å². The largest absolute Gasteiger partial charge is 0.374 e. The Morgan fingerprint density at radius 2 is 2.25 bits per heavy atom. The SMILES string of the molecule is CCNc1snnc1CN1CC2CCCCN2CC1C. The molecule has 1 N–H and O–H groups in total. The lowest BCUT2D eigenvalue weighted by Gasteiger charge is -2.47. The van der Waals surface area contributed by atoms with Gasteiger partial charge in [0.05, 0.1) is 0 Å². The van der Waals surface area contributed by atoms with Gasteiger partial charge in [0, 0.05) is 49.8 Å². The van der Waals surface area contributed by atoms with Crippen LogP contribution in [0.5, 0.6) is 0 Å². The van der Waals surface area contributed by atoms with E-state index in [1.54, 1.807) is 0 Å². The molecule has 2 saturated heterocycles. The number of aromatic nitrogens is 2. The summed E-state index contributed by atoms with van der Waals surface area (Å²) in [7, 11) is 0. The summed E-state index contributed by atoms with van der Waals surface area (Å²) in [6.07, 6.45) is 4.13. The Labute approximate surface area is 125 Å². The quantitative estimate of drug-likeness (QED) is 0.921. The van der Waals surface area contributed by atoms with Crippen LogP contribution in [0.25, 0.3) is 0 Å². The third kappa shape index (κ3) is 2.97. The van der Waals surface area contributed by atoms with Gasteiger partial charge in [0.2, 0.25) is 0 Å². The van der Waals surface area contributed by atoms with Crippen LogP contribution in [0.2, 0.25) is 0 Å². The van der Waals surface area contributed by atoms with Gasteiger partial charge >= 0.3 is 0 Å². The first-order valence-corrected chi connectivity index (χ1v) is 8.58. The van der Waals surface area contributed by atoms with E-state index in [4.69, 9.17) is 0 Å². The number of piperidine rings is 1. The minimum Gasteiger partial charge on any atom is -0.374 e. The highest BCUT2D eigenvalue weighted by molar-refractivity contribution is 7.10. The van der Waals surface area contributed by atoms with Gasteiger partial charge in [-0.25, -0.2) is 0 Å². The standard InChI is InChI=1S/C14H25N5S/c1-3-15-14-13(16-17-20-14)10-19-9-12-6-4-5-7-18(12)8-11(19)2/h11-12,15H,3-10H2,1-2H3. The van der Waals surface area contributed by atoms with Crippen molar-refractivity contribution in [2.24, 2.45) is 0 Å². The highest BCUT2D eigenvalue weighted by Gasteiger charge is 2.33. The second kappa shape index (κ2) is 6.37. The summed E-state index contributed by atoms with van der Waals surface area (Å²) in [4.78, 5) is 5.28. The molecule has 2 aliphatic heterocycles. The number of anilines is 1. The van der Waals surface area contributed by atoms with Crippen molar-refractivity contribution < 1.29 is 0 Å². The highest BCUT2D eigenvalue weighted by Crippen LogP contribution is 2.27. The van der Waals surface area contributed by atoms with Crippen LogP contribution >= 0.6 is 11.5 Å². The Hall–Kier alpha value is -0.720. The minimum atomic E-state index is 0.612. The van der Waals surface area contributed by atoms with Gasteiger partial charge in [0.25, 0.3) is 0 Å². The number of nitrogens with one attached hydrogen (secondary N) is 1. The number of piperazine rings is 1. The topological polar surface area (TPSA) is 44.3 Å². The number of rotatable bonds is 4. The van der Waals surface area contributed by atoms with Crippen LogP contribution < -0.4 is 5.32 Å². The molecule has 3 heterocycles. The highest BCUT2D eigenvalue weighted by atomic mass is 32.1. The molecule has 1 aromatic rings. The fourth-order valence-electron chi connectivity index (χ4n) is 3.43. The Balaban J connectivity index is 1.65. The molecule has 2 unspecified atom stereocenters. The van der Waals surface area contributed by atoms with Gasteiger partial charge in [-0.2, -0.15) is 0 Å². The van der Waals surface area contributed by atoms with Crippen molar-refractivity contribution >= 4 is 16.5 Å². The fourth-order valence-corrected chi connectivity index (χ4v) is 4.07. The van der Waals surface area contributed by atoms with Gasteiger partial charge in [0.1, 0.15) is 10.7 Å². The first-order valence-electron chi connectivity index (χ1n) is 7.81. The van der Waals surface area contributed by atoms with E-state index in [-0.39, 0.29) is 0 Å². The van der Waals surface area contributed by atoms with Crippen molar-refractivity contribution in [3.8, 4) is 0 Å². The Kier molecular flexibility index (Phi) is 4.53. The molecule has 0 saturated carbocycles. The predicted octanol–water partition coefficient (Wildman–Crippen LogP) is 2.03. The summed E-state index contributed by atoms with van der Waals surface area (Å²) >= 11 is 1.48. The molecule has 6 heteroatoms. The molecule has 2 fully saturated rings. The lowest BCUT2D eigenvalue weighted by Crippen LogP contribution is -2.58. The normalized spacial score (nSPS) is 28.3. The van der Waals surface area contributed by atoms with E-state index in [0.717, 1.165) is 29.8 Å². The van der Waals surface area contributed by atoms with Gasteiger partial charge < -0.3 is 5.32 Å². The van der Waals surface area contributed by atoms with Gasteiger partial charge in [-0.15, -0.1) is 5.10 Å². The van der Waals surface area contributed by atoms with Gasteiger partial charge in [0.15, 0.2) is 0 Å². The van der Waals surface area contributed by atoms with Crippen LogP contribution in [0.4, 0.5) is 5.00 Å². The zero-order chi connectivity index (χ0) is 13.9. The van der Waals surface area contributed by atoms with Gasteiger partial charge in [-0.1, -0.05) is 10.9 Å². The smallest absolute Gasteiger partial charge is 0.134 e. The fraction of sp³-hybridized carbons (Fsp3) is 0.857. The maximum absolute atomic E-state index is 4.32. The first-order chi connectivity index (χ1) is 9.78. The van der Waals surface area contributed by atoms with Crippen molar-refractivity contribution in [2.45, 2.75) is 51.7 Å². The number of fused-ring (bicyclic) bond motifs is 1. The molecule has 2 aliphatic rings. The van der Waals surface area contributed by atoms with Crippen LogP contribution in [-0.4, -0.2) is 57.6 Å². The summed E-state index contributed by atoms with van der Waals surface area (Å²) in [5.74, 6) is 0. The van der Waals surface area contributed by atoms with Crippen molar-refractivity contribution in [1.29, 1.82) is 0 Å². The molecule has 0 aromatic carbocycles. The average Bonchev–Trinajstić information content (AvgIpc) is 2.87. The second-order valence-corrected chi connectivity index (χ2v) is 6.76. The van der Waals surface area contributed by atoms with Crippen LogP contribution in [0.1, 0.15) is 38.8 Å². The average molecular weight is 295 g/mol. The zero-order valence-corrected chi connectivity index (χ0v) is 13.3. The van der Waals surface area contributed by atoms with E-state index in [9.17, 15) is 0 Å². The molecule has 112 valence electrons. The molecule has 0 aliphatic carbocycles. The molecule has 0 bridgehead atoms. The minimum absolute atomic E-state index is 0.612. The Bertz CT molecular complexity index is 435. The van der Waals surface area contributed by atoms with Crippen molar-refractivity contribution in [2.75, 3.05) is 31.5 Å². The number of nitrogens with zero attached hydrogens (tertiary/aromatic N) is 4. The Morgan fingerprint density at radius 3 is 3.10 bits per heavy atom. The number of hydrogen-bond donors (Lipinski definition) is 1. The third-order valence-electron chi connectivity index (χ3n) is 4.56. The molecule has 0 spiro atoms. The van der Waals surface area contributed by atoms with Crippen LogP contribution in [0.3, 0.4) is 0 Å². The maximum atomic E-state index is 4.32. The van der Waals surface area contributed by atoms with Crippen LogP contribution in [0, 0.1) is 0 Å². The third-order valence-corrected chi connectivity index (χ3v) is 5.29. The zero-order valence-electron chi connectivity index (χ0n) is 12.5. The van der Waals surface area contributed by atoms with Crippen molar-refractivity contribution in [3.05, 3.63) is 5.69 Å². The van der Waals surface area contributed by atoms with E-state index in [1.165, 1.54) is 50.4 Å². The van der Waals surface area contributed by atoms with Gasteiger partial charge in [-0.3, -0.25) is 9.80 Å². The molecular weight excluding hydrogens is 270 g/mol. The molecule has 1 aromatic heterocycles. The molecule has 0 radical (unpaired) electrons. The molecule has 3 rings (SSSR count). The van der Waals surface area contributed by atoms with Crippen LogP contribution in [0.15, 0.2) is 0 Å². The Morgan fingerprint density at radius 1 is 1.35 bits per heavy atom. The monoisotopic (exact) mass is 295 g/mol. The van der Waals surface area contributed by atoms with E-state index in [0.29, 0.717) is 6.04 Å². The van der Waals surface area contributed by atoms with E-state index < -0.39 is 0 Å². The van der Waals surface area contributed by atoms with Crippen LogP contribution in [-0.2, 0) is 6.54 Å². The molecule has 5 nitrogen and oxygen atoms in total. The van der Waals surface area contributed by atoms with Crippen molar-refractivity contribution in [3.63, 3.8) is 0 Å². The van der Waals surface area contributed by atoms with Crippen molar-refractivity contribution in [1.82, 2.24) is 19.4 Å². The summed E-state index contributed by atoms with van der Waals surface area (Å²) in [5.41, 5.74) is 1.12. The maximum Gasteiger partial charge on any atom is 0.134 e. The first kappa shape index (κ1) is 14.2. The number of hydrogen-bond acceptors (Lipinski definition) is 6. The van der Waals surface area contributed by atoms with E-state index in [2.05, 4.69) is 38.6 Å². The predicted molar refractivity (Wildman–Crippen MR) is 83.2 cm³/mol. The summed E-state index contributed by atoms with van der Waals surface area (Å²) < 4.78 is 4.10. The summed E-state index contributed by atoms with van der Waals surface area (Å²) in [6.45, 7) is 10.0. The van der Waals surface area contributed by atoms with Gasteiger partial charge in [-0.05, 0) is 33.2 Å². The molecule has 0 amide bonds. The lowest BCUT2D eigenvalue weighted by molar-refractivity contribution is 0.0106.